The maximum Gasteiger partial charge on any atom is 0.132 e. The Morgan fingerprint density at radius 2 is 1.38 bits per heavy atom. The standard InChI is InChI=1S/C8H14O.C7H17N.C2H6.CH2O/c1-7(9)8-5-3-2-4-6-8;1-4-6-8(3)7-5-2;2*1-2/h8H,2-6H2,1H3;4-7H2,1-3H3;1-2H3;1H2. The Labute approximate surface area is 133 Å². The summed E-state index contributed by atoms with van der Waals surface area (Å²) < 4.78 is 0. The number of hydrogen-bond donors (Lipinski definition) is 0. The van der Waals surface area contributed by atoms with Crippen molar-refractivity contribution in [3.05, 3.63) is 0 Å². The number of hydrogen-bond acceptors (Lipinski definition) is 3. The third-order valence-corrected chi connectivity index (χ3v) is 3.39. The third kappa shape index (κ3) is 19.3. The molecule has 0 heterocycles. The van der Waals surface area contributed by atoms with Gasteiger partial charge >= 0.3 is 0 Å². The monoisotopic (exact) mass is 301 g/mol. The van der Waals surface area contributed by atoms with Crippen molar-refractivity contribution < 1.29 is 9.59 Å². The molecule has 0 aliphatic heterocycles. The van der Waals surface area contributed by atoms with Gasteiger partial charge in [0.1, 0.15) is 12.6 Å². The van der Waals surface area contributed by atoms with Gasteiger partial charge in [-0.3, -0.25) is 4.79 Å². The minimum Gasteiger partial charge on any atom is -0.307 e. The minimum absolute atomic E-state index is 0.398. The molecule has 0 aromatic carbocycles. The summed E-state index contributed by atoms with van der Waals surface area (Å²) in [4.78, 5) is 21.2. The van der Waals surface area contributed by atoms with Gasteiger partial charge in [-0.2, -0.15) is 0 Å². The molecule has 1 aliphatic carbocycles. The summed E-state index contributed by atoms with van der Waals surface area (Å²) in [5.74, 6) is 0.813. The fourth-order valence-corrected chi connectivity index (χ4v) is 2.38. The molecule has 0 saturated heterocycles. The number of rotatable bonds is 5. The number of carbonyl (C=O) groups excluding carboxylic acids is 2. The lowest BCUT2D eigenvalue weighted by atomic mass is 9.87. The van der Waals surface area contributed by atoms with Crippen LogP contribution >= 0.6 is 0 Å². The smallest absolute Gasteiger partial charge is 0.132 e. The van der Waals surface area contributed by atoms with Crippen LogP contribution in [0.1, 0.15) is 79.6 Å². The molecule has 1 aliphatic rings. The third-order valence-electron chi connectivity index (χ3n) is 3.39. The summed E-state index contributed by atoms with van der Waals surface area (Å²) in [6.07, 6.45) is 8.72. The molecule has 0 spiro atoms. The molecular weight excluding hydrogens is 262 g/mol. The van der Waals surface area contributed by atoms with Crippen LogP contribution in [0, 0.1) is 5.92 Å². The van der Waals surface area contributed by atoms with Crippen molar-refractivity contribution in [3.63, 3.8) is 0 Å². The average Bonchev–Trinajstić information content (AvgIpc) is 2.53. The van der Waals surface area contributed by atoms with Crippen LogP contribution < -0.4 is 0 Å². The zero-order valence-electron chi connectivity index (χ0n) is 15.4. The molecular formula is C18H39NO2. The van der Waals surface area contributed by atoms with E-state index >= 15 is 0 Å². The second kappa shape index (κ2) is 21.6. The van der Waals surface area contributed by atoms with Crippen LogP contribution in [0.15, 0.2) is 0 Å². The van der Waals surface area contributed by atoms with Gasteiger partial charge in [-0.1, -0.05) is 47.0 Å². The summed E-state index contributed by atoms with van der Waals surface area (Å²) in [7, 11) is 2.17. The zero-order valence-corrected chi connectivity index (χ0v) is 15.4. The van der Waals surface area contributed by atoms with Crippen LogP contribution in [0.5, 0.6) is 0 Å². The van der Waals surface area contributed by atoms with Gasteiger partial charge < -0.3 is 9.69 Å². The van der Waals surface area contributed by atoms with E-state index in [1.807, 2.05) is 20.6 Å². The molecule has 3 heteroatoms. The van der Waals surface area contributed by atoms with Crippen molar-refractivity contribution in [3.8, 4) is 0 Å². The van der Waals surface area contributed by atoms with Crippen molar-refractivity contribution in [2.75, 3.05) is 20.1 Å². The van der Waals surface area contributed by atoms with E-state index in [1.54, 1.807) is 6.92 Å². The highest BCUT2D eigenvalue weighted by Gasteiger charge is 2.16. The van der Waals surface area contributed by atoms with Gasteiger partial charge in [-0.05, 0) is 52.7 Å². The second-order valence-electron chi connectivity index (χ2n) is 5.25. The van der Waals surface area contributed by atoms with Gasteiger partial charge in [-0.25, -0.2) is 0 Å². The maximum absolute atomic E-state index is 10.8. The van der Waals surface area contributed by atoms with E-state index in [-0.39, 0.29) is 0 Å². The van der Waals surface area contributed by atoms with Gasteiger partial charge in [-0.15, -0.1) is 0 Å². The molecule has 0 aromatic heterocycles. The minimum atomic E-state index is 0.398. The predicted octanol–water partition coefficient (Wildman–Crippen LogP) is 4.74. The molecule has 0 unspecified atom stereocenters. The van der Waals surface area contributed by atoms with Crippen LogP contribution in [0.3, 0.4) is 0 Å². The van der Waals surface area contributed by atoms with Crippen molar-refractivity contribution in [2.24, 2.45) is 5.92 Å². The number of ketones is 1. The first-order valence-corrected chi connectivity index (χ1v) is 8.59. The second-order valence-corrected chi connectivity index (χ2v) is 5.25. The summed E-state index contributed by atoms with van der Waals surface area (Å²) in [6, 6.07) is 0. The van der Waals surface area contributed by atoms with Crippen molar-refractivity contribution >= 4 is 12.6 Å². The van der Waals surface area contributed by atoms with Gasteiger partial charge in [0.15, 0.2) is 0 Å². The van der Waals surface area contributed by atoms with Crippen LogP contribution in [0.25, 0.3) is 0 Å². The highest BCUT2D eigenvalue weighted by Crippen LogP contribution is 2.23. The average molecular weight is 302 g/mol. The van der Waals surface area contributed by atoms with Gasteiger partial charge in [0.2, 0.25) is 0 Å². The largest absolute Gasteiger partial charge is 0.307 e. The summed E-state index contributed by atoms with van der Waals surface area (Å²) in [5.41, 5.74) is 0. The SMILES string of the molecule is C=O.CC.CC(=O)C1CCCCC1.CCCN(C)CCC. The molecule has 3 nitrogen and oxygen atoms in total. The van der Waals surface area contributed by atoms with E-state index in [0.29, 0.717) is 11.7 Å². The number of carbonyl (C=O) groups is 2. The summed E-state index contributed by atoms with van der Waals surface area (Å²) >= 11 is 0. The van der Waals surface area contributed by atoms with Crippen LogP contribution in [-0.2, 0) is 9.59 Å². The van der Waals surface area contributed by atoms with Gasteiger partial charge in [0.25, 0.3) is 0 Å². The van der Waals surface area contributed by atoms with E-state index < -0.39 is 0 Å². The quantitative estimate of drug-likeness (QED) is 0.736. The highest BCUT2D eigenvalue weighted by molar-refractivity contribution is 5.78. The Kier molecular flexibility index (Phi) is 26.0. The Morgan fingerprint density at radius 3 is 1.62 bits per heavy atom. The zero-order chi connectivity index (χ0) is 17.1. The lowest BCUT2D eigenvalue weighted by Gasteiger charge is -2.17. The summed E-state index contributed by atoms with van der Waals surface area (Å²) in [5, 5.41) is 0. The first-order valence-electron chi connectivity index (χ1n) is 8.59. The molecule has 0 aromatic rings. The fraction of sp³-hybridized carbons (Fsp3) is 0.889. The van der Waals surface area contributed by atoms with Crippen molar-refractivity contribution in [1.82, 2.24) is 4.90 Å². The molecule has 0 bridgehead atoms. The van der Waals surface area contributed by atoms with E-state index in [0.717, 1.165) is 12.8 Å². The first kappa shape index (κ1) is 25.3. The van der Waals surface area contributed by atoms with Gasteiger partial charge in [0, 0.05) is 5.92 Å². The molecule has 21 heavy (non-hydrogen) atoms. The Balaban J connectivity index is -0.000000251. The van der Waals surface area contributed by atoms with Gasteiger partial charge in [0.05, 0.1) is 0 Å². The van der Waals surface area contributed by atoms with Crippen LogP contribution in [-0.4, -0.2) is 37.6 Å². The molecule has 1 saturated carbocycles. The Morgan fingerprint density at radius 1 is 1.00 bits per heavy atom. The highest BCUT2D eigenvalue weighted by atomic mass is 16.1. The van der Waals surface area contributed by atoms with Crippen LogP contribution in [0.2, 0.25) is 0 Å². The topological polar surface area (TPSA) is 37.4 Å². The maximum atomic E-state index is 10.8. The number of Topliss-reactive ketones (excluding diaryl/α,β-unsaturated/α-hetero) is 1. The van der Waals surface area contributed by atoms with Crippen LogP contribution in [0.4, 0.5) is 0 Å². The molecule has 0 radical (unpaired) electrons. The molecule has 128 valence electrons. The normalized spacial score (nSPS) is 13.9. The van der Waals surface area contributed by atoms with E-state index in [9.17, 15) is 4.79 Å². The lowest BCUT2D eigenvalue weighted by Crippen LogP contribution is -2.19. The Bertz CT molecular complexity index is 195. The van der Waals surface area contributed by atoms with E-state index in [2.05, 4.69) is 25.8 Å². The molecule has 0 atom stereocenters. The van der Waals surface area contributed by atoms with E-state index in [4.69, 9.17) is 4.79 Å². The summed E-state index contributed by atoms with van der Waals surface area (Å²) in [6.45, 7) is 14.6. The molecule has 0 N–H and O–H groups in total. The Hall–Kier alpha value is -0.700. The fourth-order valence-electron chi connectivity index (χ4n) is 2.38. The molecule has 0 amide bonds. The van der Waals surface area contributed by atoms with Crippen molar-refractivity contribution in [2.45, 2.75) is 79.6 Å². The lowest BCUT2D eigenvalue weighted by molar-refractivity contribution is -0.121. The molecule has 1 fully saturated rings. The predicted molar refractivity (Wildman–Crippen MR) is 93.8 cm³/mol. The number of nitrogens with zero attached hydrogens (tertiary/aromatic N) is 1. The first-order chi connectivity index (χ1) is 10.1. The molecule has 1 rings (SSSR count). The van der Waals surface area contributed by atoms with Crippen molar-refractivity contribution in [1.29, 1.82) is 0 Å². The van der Waals surface area contributed by atoms with E-state index in [1.165, 1.54) is 45.2 Å².